The van der Waals surface area contributed by atoms with Crippen LogP contribution < -0.4 is 4.90 Å². The third kappa shape index (κ3) is 2.11. The summed E-state index contributed by atoms with van der Waals surface area (Å²) in [6, 6.07) is 3.91. The first-order valence-electron chi connectivity index (χ1n) is 6.75. The predicted molar refractivity (Wildman–Crippen MR) is 73.5 cm³/mol. The molecule has 3 rings (SSSR count). The second-order valence-corrected chi connectivity index (χ2v) is 5.23. The Labute approximate surface area is 117 Å². The molecule has 0 radical (unpaired) electrons. The number of anilines is 1. The van der Waals surface area contributed by atoms with E-state index in [2.05, 4.69) is 20.7 Å². The molecule has 3 heterocycles. The third-order valence-electron chi connectivity index (χ3n) is 4.15. The van der Waals surface area contributed by atoms with Crippen molar-refractivity contribution in [3.8, 4) is 18.4 Å². The smallest absolute Gasteiger partial charge is 0.146 e. The van der Waals surface area contributed by atoms with Gasteiger partial charge in [-0.2, -0.15) is 5.26 Å². The summed E-state index contributed by atoms with van der Waals surface area (Å²) in [5, 5.41) is 9.12. The summed E-state index contributed by atoms with van der Waals surface area (Å²) in [6.45, 7) is 2.43. The van der Waals surface area contributed by atoms with E-state index in [0.29, 0.717) is 17.4 Å². The van der Waals surface area contributed by atoms with Crippen molar-refractivity contribution in [3.63, 3.8) is 0 Å². The van der Waals surface area contributed by atoms with Crippen LogP contribution >= 0.6 is 0 Å². The summed E-state index contributed by atoms with van der Waals surface area (Å²) in [4.78, 5) is 8.52. The van der Waals surface area contributed by atoms with Crippen LogP contribution in [0.4, 0.5) is 10.2 Å². The summed E-state index contributed by atoms with van der Waals surface area (Å²) in [5.41, 5.74) is 0.296. The standard InChI is InChI=1S/C15H15FN4/c1-2-13-3-4-14-10-19(5-6-20(13)14)15-11(8-17)7-12(16)9-18-15/h1,7,9,13-14H,3-6,10H2. The molecule has 0 spiro atoms. The van der Waals surface area contributed by atoms with Crippen LogP contribution in [0.3, 0.4) is 0 Å². The first-order valence-corrected chi connectivity index (χ1v) is 6.75. The number of aromatic nitrogens is 1. The summed E-state index contributed by atoms with van der Waals surface area (Å²) >= 11 is 0. The van der Waals surface area contributed by atoms with Crippen molar-refractivity contribution in [2.75, 3.05) is 24.5 Å². The molecule has 2 atom stereocenters. The second-order valence-electron chi connectivity index (χ2n) is 5.23. The Hall–Kier alpha value is -2.11. The summed E-state index contributed by atoms with van der Waals surface area (Å²) in [6.07, 6.45) is 8.80. The van der Waals surface area contributed by atoms with Crippen LogP contribution in [0, 0.1) is 29.5 Å². The van der Waals surface area contributed by atoms with Crippen LogP contribution in [0.2, 0.25) is 0 Å². The fourth-order valence-corrected chi connectivity index (χ4v) is 3.19. The minimum Gasteiger partial charge on any atom is -0.353 e. The van der Waals surface area contributed by atoms with Crippen LogP contribution in [-0.2, 0) is 0 Å². The monoisotopic (exact) mass is 270 g/mol. The molecule has 2 unspecified atom stereocenters. The molecule has 0 aliphatic carbocycles. The molecule has 2 aliphatic rings. The zero-order valence-electron chi connectivity index (χ0n) is 11.1. The van der Waals surface area contributed by atoms with Gasteiger partial charge in [0.15, 0.2) is 0 Å². The molecule has 0 saturated carbocycles. The zero-order chi connectivity index (χ0) is 14.1. The van der Waals surface area contributed by atoms with Crippen molar-refractivity contribution in [3.05, 3.63) is 23.6 Å². The Morgan fingerprint density at radius 2 is 2.25 bits per heavy atom. The van der Waals surface area contributed by atoms with Crippen molar-refractivity contribution in [2.24, 2.45) is 0 Å². The van der Waals surface area contributed by atoms with E-state index in [0.717, 1.165) is 32.5 Å². The van der Waals surface area contributed by atoms with Crippen molar-refractivity contribution in [1.82, 2.24) is 9.88 Å². The number of piperazine rings is 1. The van der Waals surface area contributed by atoms with Crippen LogP contribution in [0.1, 0.15) is 18.4 Å². The summed E-state index contributed by atoms with van der Waals surface area (Å²) < 4.78 is 13.2. The molecule has 2 aliphatic heterocycles. The Bertz CT molecular complexity index is 601. The lowest BCUT2D eigenvalue weighted by atomic mass is 10.1. The SMILES string of the molecule is C#CC1CCC2CN(c3ncc(F)cc3C#N)CCN12. The number of terminal acetylenes is 1. The van der Waals surface area contributed by atoms with Gasteiger partial charge in [-0.25, -0.2) is 9.37 Å². The highest BCUT2D eigenvalue weighted by atomic mass is 19.1. The van der Waals surface area contributed by atoms with E-state index in [4.69, 9.17) is 11.7 Å². The van der Waals surface area contributed by atoms with E-state index < -0.39 is 5.82 Å². The van der Waals surface area contributed by atoms with E-state index >= 15 is 0 Å². The van der Waals surface area contributed by atoms with Crippen LogP contribution in [0.25, 0.3) is 0 Å². The van der Waals surface area contributed by atoms with Gasteiger partial charge in [0.25, 0.3) is 0 Å². The second kappa shape index (κ2) is 5.11. The van der Waals surface area contributed by atoms with Crippen molar-refractivity contribution in [2.45, 2.75) is 24.9 Å². The number of hydrogen-bond donors (Lipinski definition) is 0. The van der Waals surface area contributed by atoms with Crippen molar-refractivity contribution < 1.29 is 4.39 Å². The molecule has 20 heavy (non-hydrogen) atoms. The number of halogens is 1. The van der Waals surface area contributed by atoms with Crippen molar-refractivity contribution in [1.29, 1.82) is 5.26 Å². The first-order chi connectivity index (χ1) is 9.72. The molecule has 1 aromatic heterocycles. The van der Waals surface area contributed by atoms with Gasteiger partial charge in [-0.05, 0) is 18.9 Å². The predicted octanol–water partition coefficient (Wildman–Crippen LogP) is 1.38. The Morgan fingerprint density at radius 1 is 1.40 bits per heavy atom. The van der Waals surface area contributed by atoms with Gasteiger partial charge in [-0.3, -0.25) is 4.90 Å². The maximum absolute atomic E-state index is 13.2. The molecule has 0 aromatic carbocycles. The number of hydrogen-bond acceptors (Lipinski definition) is 4. The van der Waals surface area contributed by atoms with Gasteiger partial charge < -0.3 is 4.90 Å². The molecular formula is C15H15FN4. The lowest BCUT2D eigenvalue weighted by molar-refractivity contribution is 0.202. The molecule has 5 heteroatoms. The molecule has 2 saturated heterocycles. The average molecular weight is 270 g/mol. The first kappa shape index (κ1) is 12.9. The highest BCUT2D eigenvalue weighted by Crippen LogP contribution is 2.29. The van der Waals surface area contributed by atoms with E-state index in [9.17, 15) is 4.39 Å². The highest BCUT2D eigenvalue weighted by molar-refractivity contribution is 5.54. The van der Waals surface area contributed by atoms with E-state index in [1.165, 1.54) is 12.3 Å². The molecule has 4 nitrogen and oxygen atoms in total. The highest BCUT2D eigenvalue weighted by Gasteiger charge is 2.37. The fraction of sp³-hybridized carbons (Fsp3) is 0.467. The van der Waals surface area contributed by atoms with E-state index in [1.54, 1.807) is 0 Å². The fourth-order valence-electron chi connectivity index (χ4n) is 3.19. The summed E-state index contributed by atoms with van der Waals surface area (Å²) in [5.74, 6) is 2.94. The number of nitrogens with zero attached hydrogens (tertiary/aromatic N) is 4. The maximum Gasteiger partial charge on any atom is 0.146 e. The van der Waals surface area contributed by atoms with Gasteiger partial charge in [0.1, 0.15) is 17.7 Å². The van der Waals surface area contributed by atoms with Gasteiger partial charge >= 0.3 is 0 Å². The van der Waals surface area contributed by atoms with Crippen LogP contribution in [0.5, 0.6) is 0 Å². The van der Waals surface area contributed by atoms with Crippen molar-refractivity contribution >= 4 is 5.82 Å². The largest absolute Gasteiger partial charge is 0.353 e. The Balaban J connectivity index is 1.82. The lowest BCUT2D eigenvalue weighted by Gasteiger charge is -2.39. The minimum absolute atomic E-state index is 0.235. The molecule has 0 bridgehead atoms. The molecule has 0 N–H and O–H groups in total. The molecule has 0 amide bonds. The Morgan fingerprint density at radius 3 is 3.00 bits per heavy atom. The van der Waals surface area contributed by atoms with Gasteiger partial charge in [0.2, 0.25) is 0 Å². The Kier molecular flexibility index (Phi) is 3.30. The number of nitriles is 1. The van der Waals surface area contributed by atoms with Gasteiger partial charge in [0, 0.05) is 25.7 Å². The van der Waals surface area contributed by atoms with E-state index in [1.807, 2.05) is 6.07 Å². The third-order valence-corrected chi connectivity index (χ3v) is 4.15. The van der Waals surface area contributed by atoms with Gasteiger partial charge in [0.05, 0.1) is 17.8 Å². The molecule has 1 aromatic rings. The minimum atomic E-state index is -0.475. The molecule has 102 valence electrons. The van der Waals surface area contributed by atoms with Crippen LogP contribution in [0.15, 0.2) is 12.3 Å². The zero-order valence-corrected chi connectivity index (χ0v) is 11.1. The van der Waals surface area contributed by atoms with E-state index in [-0.39, 0.29) is 6.04 Å². The number of rotatable bonds is 1. The summed E-state index contributed by atoms with van der Waals surface area (Å²) in [7, 11) is 0. The van der Waals surface area contributed by atoms with Gasteiger partial charge in [-0.15, -0.1) is 6.42 Å². The molecule has 2 fully saturated rings. The topological polar surface area (TPSA) is 43.2 Å². The quantitative estimate of drug-likeness (QED) is 0.723. The van der Waals surface area contributed by atoms with Crippen LogP contribution in [-0.4, -0.2) is 41.6 Å². The normalized spacial score (nSPS) is 25.9. The van der Waals surface area contributed by atoms with Gasteiger partial charge in [-0.1, -0.05) is 5.92 Å². The maximum atomic E-state index is 13.2. The lowest BCUT2D eigenvalue weighted by Crippen LogP contribution is -2.52. The molecular weight excluding hydrogens is 255 g/mol. The number of fused-ring (bicyclic) bond motifs is 1. The average Bonchev–Trinajstić information content (AvgIpc) is 2.89. The number of pyridine rings is 1.